The molecule has 0 aromatic heterocycles. The van der Waals surface area contributed by atoms with Crippen LogP contribution in [0.1, 0.15) is 25.7 Å². The van der Waals surface area contributed by atoms with Gasteiger partial charge >= 0.3 is 0 Å². The van der Waals surface area contributed by atoms with Crippen LogP contribution < -0.4 is 10.5 Å². The van der Waals surface area contributed by atoms with E-state index >= 15 is 0 Å². The molecule has 6 nitrogen and oxygen atoms in total. The third-order valence-corrected chi connectivity index (χ3v) is 7.22. The number of sulfonamides is 1. The van der Waals surface area contributed by atoms with E-state index in [9.17, 15) is 16.8 Å². The Morgan fingerprint density at radius 3 is 2.48 bits per heavy atom. The largest absolute Gasteiger partial charge is 0.330 e. The molecule has 1 fully saturated rings. The average Bonchev–Trinajstić information content (AvgIpc) is 2.46. The summed E-state index contributed by atoms with van der Waals surface area (Å²) in [6.07, 6.45) is 4.57. The summed E-state index contributed by atoms with van der Waals surface area (Å²) < 4.78 is 51.2. The number of hydrogen-bond acceptors (Lipinski definition) is 5. The highest BCUT2D eigenvalue weighted by molar-refractivity contribution is 7.91. The first-order valence-electron chi connectivity index (χ1n) is 7.37. The predicted octanol–water partition coefficient (Wildman–Crippen LogP) is 1.54. The first kappa shape index (κ1) is 18.7. The Labute approximate surface area is 142 Å². The van der Waals surface area contributed by atoms with Gasteiger partial charge in [-0.1, -0.05) is 24.4 Å². The molecule has 1 aromatic carbocycles. The van der Waals surface area contributed by atoms with Gasteiger partial charge in [-0.25, -0.2) is 21.6 Å². The van der Waals surface area contributed by atoms with Gasteiger partial charge in [0.1, 0.15) is 4.90 Å². The van der Waals surface area contributed by atoms with Crippen LogP contribution >= 0.6 is 11.6 Å². The lowest BCUT2D eigenvalue weighted by Gasteiger charge is -2.31. The number of rotatable bonds is 5. The average molecular weight is 381 g/mol. The van der Waals surface area contributed by atoms with Gasteiger partial charge in [-0.05, 0) is 43.5 Å². The summed E-state index contributed by atoms with van der Waals surface area (Å²) in [7, 11) is -7.44. The van der Waals surface area contributed by atoms with Gasteiger partial charge in [0.25, 0.3) is 0 Å². The normalized spacial score (nSPS) is 22.9. The fraction of sp³-hybridized carbons (Fsp3) is 0.571. The van der Waals surface area contributed by atoms with Gasteiger partial charge in [-0.2, -0.15) is 0 Å². The molecule has 1 aromatic rings. The number of sulfone groups is 1. The zero-order valence-corrected chi connectivity index (χ0v) is 15.2. The highest BCUT2D eigenvalue weighted by Gasteiger charge is 2.30. The van der Waals surface area contributed by atoms with Crippen molar-refractivity contribution in [3.05, 3.63) is 23.2 Å². The van der Waals surface area contributed by atoms with Crippen LogP contribution in [0.5, 0.6) is 0 Å². The Bertz CT molecular complexity index is 778. The second-order valence-corrected chi connectivity index (χ2v) is 9.98. The molecule has 1 aliphatic carbocycles. The maximum atomic E-state index is 12.6. The topological polar surface area (TPSA) is 106 Å². The highest BCUT2D eigenvalue weighted by atomic mass is 35.5. The molecular weight excluding hydrogens is 360 g/mol. The molecule has 0 bridgehead atoms. The number of hydrogen-bond donors (Lipinski definition) is 2. The van der Waals surface area contributed by atoms with Crippen molar-refractivity contribution in [1.29, 1.82) is 0 Å². The molecule has 2 rings (SSSR count). The Kier molecular flexibility index (Phi) is 5.73. The SMILES string of the molecule is CS(=O)(=O)c1ccc(Cl)c(S(=O)(=O)N[C@@H]2CCCC[C@@H]2CN)c1. The maximum absolute atomic E-state index is 12.6. The van der Waals surface area contributed by atoms with Gasteiger partial charge in [0.15, 0.2) is 9.84 Å². The van der Waals surface area contributed by atoms with E-state index in [2.05, 4.69) is 4.72 Å². The van der Waals surface area contributed by atoms with E-state index in [1.165, 1.54) is 12.1 Å². The van der Waals surface area contributed by atoms with Gasteiger partial charge in [0.05, 0.1) is 9.92 Å². The molecule has 0 heterocycles. The van der Waals surface area contributed by atoms with Crippen molar-refractivity contribution < 1.29 is 16.8 Å². The monoisotopic (exact) mass is 380 g/mol. The lowest BCUT2D eigenvalue weighted by Crippen LogP contribution is -2.44. The Morgan fingerprint density at radius 1 is 1.22 bits per heavy atom. The van der Waals surface area contributed by atoms with E-state index < -0.39 is 19.9 Å². The molecule has 0 saturated heterocycles. The summed E-state index contributed by atoms with van der Waals surface area (Å²) >= 11 is 5.98. The minimum atomic E-state index is -3.92. The first-order chi connectivity index (χ1) is 10.6. The van der Waals surface area contributed by atoms with Gasteiger partial charge in [0.2, 0.25) is 10.0 Å². The summed E-state index contributed by atoms with van der Waals surface area (Å²) in [6, 6.07) is 3.42. The molecule has 1 saturated carbocycles. The van der Waals surface area contributed by atoms with E-state index in [4.69, 9.17) is 17.3 Å². The summed E-state index contributed by atoms with van der Waals surface area (Å²) in [5, 5.41) is -0.00925. The van der Waals surface area contributed by atoms with Crippen molar-refractivity contribution in [2.75, 3.05) is 12.8 Å². The molecule has 2 atom stereocenters. The van der Waals surface area contributed by atoms with Crippen molar-refractivity contribution in [2.45, 2.75) is 41.5 Å². The lowest BCUT2D eigenvalue weighted by molar-refractivity contribution is 0.296. The highest BCUT2D eigenvalue weighted by Crippen LogP contribution is 2.28. The second-order valence-electron chi connectivity index (χ2n) is 5.87. The van der Waals surface area contributed by atoms with Gasteiger partial charge in [0, 0.05) is 12.3 Å². The van der Waals surface area contributed by atoms with E-state index in [-0.39, 0.29) is 26.8 Å². The molecule has 0 aliphatic heterocycles. The fourth-order valence-corrected chi connectivity index (χ4v) is 5.41. The van der Waals surface area contributed by atoms with Crippen LogP contribution in [-0.2, 0) is 19.9 Å². The van der Waals surface area contributed by atoms with Crippen molar-refractivity contribution in [2.24, 2.45) is 11.7 Å². The van der Waals surface area contributed by atoms with Crippen LogP contribution in [0.4, 0.5) is 0 Å². The Hall–Kier alpha value is -0.670. The Morgan fingerprint density at radius 2 is 1.87 bits per heavy atom. The standard InChI is InChI=1S/C14H21ClN2O4S2/c1-22(18,19)11-6-7-12(15)14(8-11)23(20,21)17-13-5-3-2-4-10(13)9-16/h6-8,10,13,17H,2-5,9,16H2,1H3/t10-,13-/m1/s1. The number of nitrogens with one attached hydrogen (secondary N) is 1. The molecule has 9 heteroatoms. The van der Waals surface area contributed by atoms with Gasteiger partial charge in [-0.15, -0.1) is 0 Å². The molecule has 0 unspecified atom stereocenters. The molecular formula is C14H21ClN2O4S2. The van der Waals surface area contributed by atoms with E-state index in [1.807, 2.05) is 0 Å². The van der Waals surface area contributed by atoms with Crippen LogP contribution in [0.15, 0.2) is 28.0 Å². The van der Waals surface area contributed by atoms with Crippen LogP contribution in [0, 0.1) is 5.92 Å². The van der Waals surface area contributed by atoms with Crippen molar-refractivity contribution in [3.63, 3.8) is 0 Å². The zero-order chi connectivity index (χ0) is 17.3. The lowest BCUT2D eigenvalue weighted by atomic mass is 9.85. The smallest absolute Gasteiger partial charge is 0.242 e. The van der Waals surface area contributed by atoms with Crippen LogP contribution in [0.25, 0.3) is 0 Å². The zero-order valence-electron chi connectivity index (χ0n) is 12.8. The van der Waals surface area contributed by atoms with Gasteiger partial charge in [-0.3, -0.25) is 0 Å². The van der Waals surface area contributed by atoms with E-state index in [0.29, 0.717) is 13.0 Å². The minimum absolute atomic E-state index is 0.00925. The van der Waals surface area contributed by atoms with E-state index in [1.54, 1.807) is 0 Å². The Balaban J connectivity index is 2.36. The second kappa shape index (κ2) is 7.06. The van der Waals surface area contributed by atoms with Gasteiger partial charge < -0.3 is 5.73 Å². The van der Waals surface area contributed by atoms with Crippen molar-refractivity contribution in [3.8, 4) is 0 Å². The van der Waals surface area contributed by atoms with Crippen molar-refractivity contribution in [1.82, 2.24) is 4.72 Å². The number of benzene rings is 1. The first-order valence-corrected chi connectivity index (χ1v) is 11.1. The third-order valence-electron chi connectivity index (χ3n) is 4.14. The van der Waals surface area contributed by atoms with Crippen molar-refractivity contribution >= 4 is 31.5 Å². The predicted molar refractivity (Wildman–Crippen MR) is 89.7 cm³/mol. The van der Waals surface area contributed by atoms with Crippen LogP contribution in [0.3, 0.4) is 0 Å². The molecule has 23 heavy (non-hydrogen) atoms. The molecule has 0 amide bonds. The summed E-state index contributed by atoms with van der Waals surface area (Å²) in [4.78, 5) is -0.301. The molecule has 0 radical (unpaired) electrons. The quantitative estimate of drug-likeness (QED) is 0.805. The maximum Gasteiger partial charge on any atom is 0.242 e. The molecule has 3 N–H and O–H groups in total. The van der Waals surface area contributed by atoms with Crippen LogP contribution in [-0.4, -0.2) is 35.7 Å². The fourth-order valence-electron chi connectivity index (χ4n) is 2.83. The van der Waals surface area contributed by atoms with E-state index in [0.717, 1.165) is 31.6 Å². The summed E-state index contributed by atoms with van der Waals surface area (Å²) in [5.74, 6) is 0.0791. The van der Waals surface area contributed by atoms with Crippen LogP contribution in [0.2, 0.25) is 5.02 Å². The number of nitrogens with two attached hydrogens (primary N) is 1. The molecule has 1 aliphatic rings. The minimum Gasteiger partial charge on any atom is -0.330 e. The third kappa shape index (κ3) is 4.45. The number of halogens is 1. The molecule has 0 spiro atoms. The summed E-state index contributed by atoms with van der Waals surface area (Å²) in [5.41, 5.74) is 5.72. The summed E-state index contributed by atoms with van der Waals surface area (Å²) in [6.45, 7) is 0.407. The molecule has 130 valence electrons.